The number of thioether (sulfide) groups is 1. The average molecular weight is 448 g/mol. The lowest BCUT2D eigenvalue weighted by atomic mass is 10.2. The van der Waals surface area contributed by atoms with Gasteiger partial charge in [0.15, 0.2) is 5.16 Å². The first kappa shape index (κ1) is 18.5. The molecule has 6 heteroatoms. The second-order valence-corrected chi connectivity index (χ2v) is 7.98. The number of nitriles is 1. The van der Waals surface area contributed by atoms with E-state index in [-0.39, 0.29) is 5.56 Å². The number of aromatic nitrogens is 2. The Kier molecular flexibility index (Phi) is 5.29. The van der Waals surface area contributed by atoms with Crippen molar-refractivity contribution in [2.75, 3.05) is 0 Å². The molecule has 0 fully saturated rings. The van der Waals surface area contributed by atoms with Gasteiger partial charge in [-0.05, 0) is 54.1 Å². The molecule has 0 N–H and O–H groups in total. The summed E-state index contributed by atoms with van der Waals surface area (Å²) in [4.78, 5) is 17.9. The van der Waals surface area contributed by atoms with Crippen LogP contribution in [0.15, 0.2) is 87.2 Å². The summed E-state index contributed by atoms with van der Waals surface area (Å²) in [5, 5.41) is 10.2. The predicted octanol–water partition coefficient (Wildman–Crippen LogP) is 5.31. The third-order valence-corrected chi connectivity index (χ3v) is 5.82. The van der Waals surface area contributed by atoms with Crippen LogP contribution in [0.4, 0.5) is 0 Å². The van der Waals surface area contributed by atoms with Crippen LogP contribution in [-0.4, -0.2) is 9.55 Å². The summed E-state index contributed by atoms with van der Waals surface area (Å²) in [7, 11) is 0. The van der Waals surface area contributed by atoms with E-state index in [4.69, 9.17) is 10.2 Å². The highest BCUT2D eigenvalue weighted by atomic mass is 79.9. The van der Waals surface area contributed by atoms with Gasteiger partial charge in [-0.1, -0.05) is 52.0 Å². The predicted molar refractivity (Wildman–Crippen MR) is 116 cm³/mol. The van der Waals surface area contributed by atoms with Gasteiger partial charge in [0.1, 0.15) is 0 Å². The van der Waals surface area contributed by atoms with E-state index in [1.807, 2.05) is 54.6 Å². The van der Waals surface area contributed by atoms with Crippen LogP contribution >= 0.6 is 27.7 Å². The number of fused-ring (bicyclic) bond motifs is 1. The monoisotopic (exact) mass is 447 g/mol. The number of hydrogen-bond acceptors (Lipinski definition) is 4. The second kappa shape index (κ2) is 8.01. The molecule has 4 aromatic rings. The topological polar surface area (TPSA) is 58.7 Å². The zero-order valence-corrected chi connectivity index (χ0v) is 17.1. The van der Waals surface area contributed by atoms with Crippen LogP contribution in [-0.2, 0) is 5.75 Å². The first-order chi connectivity index (χ1) is 13.7. The number of halogens is 1. The summed E-state index contributed by atoms with van der Waals surface area (Å²) >= 11 is 4.94. The molecule has 4 rings (SSSR count). The second-order valence-electron chi connectivity index (χ2n) is 6.13. The summed E-state index contributed by atoms with van der Waals surface area (Å²) in [6.45, 7) is 0. The molecule has 0 aliphatic carbocycles. The van der Waals surface area contributed by atoms with E-state index in [1.54, 1.807) is 22.8 Å². The van der Waals surface area contributed by atoms with Crippen molar-refractivity contribution in [2.45, 2.75) is 10.9 Å². The summed E-state index contributed by atoms with van der Waals surface area (Å²) in [5.74, 6) is 0.646. The molecule has 0 atom stereocenters. The van der Waals surface area contributed by atoms with E-state index in [0.29, 0.717) is 27.4 Å². The molecule has 1 aromatic heterocycles. The Bertz CT molecular complexity index is 1240. The number of nitrogens with zero attached hydrogens (tertiary/aromatic N) is 3. The van der Waals surface area contributed by atoms with Gasteiger partial charge < -0.3 is 0 Å². The van der Waals surface area contributed by atoms with Crippen molar-refractivity contribution in [1.29, 1.82) is 5.26 Å². The van der Waals surface area contributed by atoms with E-state index in [1.165, 1.54) is 11.8 Å². The van der Waals surface area contributed by atoms with Gasteiger partial charge in [-0.2, -0.15) is 5.26 Å². The minimum Gasteiger partial charge on any atom is -0.268 e. The summed E-state index contributed by atoms with van der Waals surface area (Å²) in [6.07, 6.45) is 0. The maximum Gasteiger partial charge on any atom is 0.266 e. The van der Waals surface area contributed by atoms with Gasteiger partial charge in [0.25, 0.3) is 5.56 Å². The number of rotatable bonds is 4. The summed E-state index contributed by atoms with van der Waals surface area (Å²) in [6, 6.07) is 24.6. The first-order valence-corrected chi connectivity index (χ1v) is 10.3. The highest BCUT2D eigenvalue weighted by Crippen LogP contribution is 2.25. The molecule has 0 unspecified atom stereocenters. The van der Waals surface area contributed by atoms with Crippen molar-refractivity contribution in [3.63, 3.8) is 0 Å². The van der Waals surface area contributed by atoms with E-state index in [9.17, 15) is 4.79 Å². The van der Waals surface area contributed by atoms with Gasteiger partial charge in [0.05, 0.1) is 28.2 Å². The van der Waals surface area contributed by atoms with Crippen LogP contribution in [0.1, 0.15) is 11.1 Å². The van der Waals surface area contributed by atoms with E-state index in [0.717, 1.165) is 15.7 Å². The van der Waals surface area contributed by atoms with E-state index >= 15 is 0 Å². The summed E-state index contributed by atoms with van der Waals surface area (Å²) in [5.41, 5.74) is 3.06. The largest absolute Gasteiger partial charge is 0.268 e. The lowest BCUT2D eigenvalue weighted by Crippen LogP contribution is -2.21. The molecule has 136 valence electrons. The fraction of sp³-hybridized carbons (Fsp3) is 0.0455. The van der Waals surface area contributed by atoms with Crippen molar-refractivity contribution in [3.8, 4) is 11.8 Å². The quantitative estimate of drug-likeness (QED) is 0.314. The number of hydrogen-bond donors (Lipinski definition) is 0. The zero-order chi connectivity index (χ0) is 19.5. The van der Waals surface area contributed by atoms with Crippen molar-refractivity contribution in [2.24, 2.45) is 0 Å². The Morgan fingerprint density at radius 1 is 1.00 bits per heavy atom. The molecular formula is C22H14BrN3OS. The van der Waals surface area contributed by atoms with Gasteiger partial charge in [0, 0.05) is 10.2 Å². The highest BCUT2D eigenvalue weighted by molar-refractivity contribution is 9.10. The van der Waals surface area contributed by atoms with Crippen molar-refractivity contribution in [3.05, 3.63) is 98.7 Å². The Morgan fingerprint density at radius 3 is 2.43 bits per heavy atom. The minimum absolute atomic E-state index is 0.0877. The Hall–Kier alpha value is -2.88. The zero-order valence-electron chi connectivity index (χ0n) is 14.7. The highest BCUT2D eigenvalue weighted by Gasteiger charge is 2.13. The number of para-hydroxylation sites is 1. The van der Waals surface area contributed by atoms with Gasteiger partial charge in [-0.25, -0.2) is 4.98 Å². The molecule has 0 radical (unpaired) electrons. The maximum absolute atomic E-state index is 13.2. The Balaban J connectivity index is 1.79. The van der Waals surface area contributed by atoms with E-state index in [2.05, 4.69) is 22.0 Å². The molecule has 0 saturated heterocycles. The molecule has 0 aliphatic heterocycles. The van der Waals surface area contributed by atoms with Gasteiger partial charge in [0.2, 0.25) is 0 Å². The lowest BCUT2D eigenvalue weighted by Gasteiger charge is -2.13. The van der Waals surface area contributed by atoms with Crippen LogP contribution in [0.5, 0.6) is 0 Å². The molecule has 4 nitrogen and oxygen atoms in total. The van der Waals surface area contributed by atoms with Crippen LogP contribution < -0.4 is 5.56 Å². The maximum atomic E-state index is 13.2. The van der Waals surface area contributed by atoms with Gasteiger partial charge in [-0.15, -0.1) is 0 Å². The first-order valence-electron chi connectivity index (χ1n) is 8.55. The Labute approximate surface area is 174 Å². The molecule has 0 bridgehead atoms. The third kappa shape index (κ3) is 3.72. The Morgan fingerprint density at radius 2 is 1.71 bits per heavy atom. The molecule has 0 spiro atoms. The lowest BCUT2D eigenvalue weighted by molar-refractivity contribution is 0.819. The normalized spacial score (nSPS) is 10.7. The van der Waals surface area contributed by atoms with Crippen molar-refractivity contribution >= 4 is 38.6 Å². The smallest absolute Gasteiger partial charge is 0.266 e. The molecule has 28 heavy (non-hydrogen) atoms. The standard InChI is InChI=1S/C22H14BrN3OS/c23-17-9-11-18(12-10-17)26-21(27)19-3-1-2-4-20(19)25-22(26)28-14-16-7-5-15(13-24)6-8-16/h1-12H,14H2. The molecular weight excluding hydrogens is 434 g/mol. The van der Waals surface area contributed by atoms with Crippen LogP contribution in [0.25, 0.3) is 16.6 Å². The van der Waals surface area contributed by atoms with Gasteiger partial charge >= 0.3 is 0 Å². The van der Waals surface area contributed by atoms with Crippen molar-refractivity contribution < 1.29 is 0 Å². The minimum atomic E-state index is -0.0877. The summed E-state index contributed by atoms with van der Waals surface area (Å²) < 4.78 is 2.60. The SMILES string of the molecule is N#Cc1ccc(CSc2nc3ccccc3c(=O)n2-c2ccc(Br)cc2)cc1. The fourth-order valence-electron chi connectivity index (χ4n) is 2.85. The van der Waals surface area contributed by atoms with Crippen LogP contribution in [0.3, 0.4) is 0 Å². The molecule has 1 heterocycles. The van der Waals surface area contributed by atoms with Crippen LogP contribution in [0.2, 0.25) is 0 Å². The number of benzene rings is 3. The van der Waals surface area contributed by atoms with E-state index < -0.39 is 0 Å². The third-order valence-electron chi connectivity index (χ3n) is 4.28. The molecule has 0 saturated carbocycles. The fourth-order valence-corrected chi connectivity index (χ4v) is 4.08. The van der Waals surface area contributed by atoms with Gasteiger partial charge in [-0.3, -0.25) is 9.36 Å². The molecule has 3 aromatic carbocycles. The average Bonchev–Trinajstić information content (AvgIpc) is 2.74. The molecule has 0 amide bonds. The van der Waals surface area contributed by atoms with Crippen molar-refractivity contribution in [1.82, 2.24) is 9.55 Å². The molecule has 0 aliphatic rings. The van der Waals surface area contributed by atoms with Crippen LogP contribution in [0, 0.1) is 11.3 Å².